The smallest absolute Gasteiger partial charge is 0.403 e. The van der Waals surface area contributed by atoms with E-state index >= 15 is 0 Å². The van der Waals surface area contributed by atoms with Gasteiger partial charge < -0.3 is 10.1 Å². The van der Waals surface area contributed by atoms with E-state index in [1.165, 1.54) is 6.07 Å². The van der Waals surface area contributed by atoms with Crippen LogP contribution in [0.25, 0.3) is 0 Å². The summed E-state index contributed by atoms with van der Waals surface area (Å²) in [5.41, 5.74) is 0.601. The van der Waals surface area contributed by atoms with Crippen molar-refractivity contribution in [3.63, 3.8) is 0 Å². The fourth-order valence-electron chi connectivity index (χ4n) is 1.41. The van der Waals surface area contributed by atoms with Crippen LogP contribution in [0.1, 0.15) is 18.4 Å². The Morgan fingerprint density at radius 1 is 1.29 bits per heavy atom. The average Bonchev–Trinajstić information content (AvgIpc) is 3.00. The fourth-order valence-corrected chi connectivity index (χ4v) is 1.41. The van der Waals surface area contributed by atoms with Gasteiger partial charge in [-0.2, -0.15) is 0 Å². The topological polar surface area (TPSA) is 21.3 Å². The van der Waals surface area contributed by atoms with Crippen molar-refractivity contribution in [2.24, 2.45) is 0 Å². The molecule has 0 bridgehead atoms. The predicted octanol–water partition coefficient (Wildman–Crippen LogP) is 2.98. The van der Waals surface area contributed by atoms with Gasteiger partial charge in [-0.05, 0) is 30.5 Å². The van der Waals surface area contributed by atoms with E-state index in [9.17, 15) is 17.6 Å². The molecule has 0 heterocycles. The molecule has 0 radical (unpaired) electrons. The van der Waals surface area contributed by atoms with Crippen molar-refractivity contribution in [3.8, 4) is 5.75 Å². The molecule has 2 nitrogen and oxygen atoms in total. The average molecular weight is 249 g/mol. The molecule has 1 fully saturated rings. The van der Waals surface area contributed by atoms with Gasteiger partial charge in [0.15, 0.2) is 11.6 Å². The third kappa shape index (κ3) is 3.89. The summed E-state index contributed by atoms with van der Waals surface area (Å²) < 4.78 is 52.4. The van der Waals surface area contributed by atoms with Gasteiger partial charge in [-0.25, -0.2) is 4.39 Å². The molecule has 0 aliphatic heterocycles. The van der Waals surface area contributed by atoms with Gasteiger partial charge in [-0.3, -0.25) is 0 Å². The fraction of sp³-hybridized carbons (Fsp3) is 0.455. The van der Waals surface area contributed by atoms with Gasteiger partial charge in [0.05, 0.1) is 0 Å². The number of hydrogen-bond donors (Lipinski definition) is 1. The van der Waals surface area contributed by atoms with Crippen LogP contribution < -0.4 is 10.1 Å². The number of halogens is 4. The number of nitrogens with one attached hydrogen (secondary N) is 1. The summed E-state index contributed by atoms with van der Waals surface area (Å²) >= 11 is 0. The van der Waals surface area contributed by atoms with E-state index in [-0.39, 0.29) is 0 Å². The van der Waals surface area contributed by atoms with Gasteiger partial charge in [0, 0.05) is 12.6 Å². The molecule has 94 valence electrons. The van der Waals surface area contributed by atoms with Gasteiger partial charge in [0.1, 0.15) is 0 Å². The Labute approximate surface area is 95.6 Å². The number of benzene rings is 1. The van der Waals surface area contributed by atoms with Crippen molar-refractivity contribution in [2.45, 2.75) is 31.8 Å². The first-order valence-electron chi connectivity index (χ1n) is 5.21. The van der Waals surface area contributed by atoms with Crippen molar-refractivity contribution in [1.82, 2.24) is 5.32 Å². The largest absolute Gasteiger partial charge is 0.573 e. The Balaban J connectivity index is 1.99. The second-order valence-electron chi connectivity index (χ2n) is 3.97. The summed E-state index contributed by atoms with van der Waals surface area (Å²) in [6, 6.07) is 3.92. The van der Waals surface area contributed by atoms with Crippen LogP contribution in [0, 0.1) is 5.82 Å². The molecule has 0 spiro atoms. The van der Waals surface area contributed by atoms with Crippen LogP contribution in [-0.4, -0.2) is 12.4 Å². The maximum Gasteiger partial charge on any atom is 0.573 e. The van der Waals surface area contributed by atoms with E-state index in [0.29, 0.717) is 18.2 Å². The summed E-state index contributed by atoms with van der Waals surface area (Å²) in [4.78, 5) is 0. The normalized spacial score (nSPS) is 16.0. The second kappa shape index (κ2) is 4.52. The zero-order chi connectivity index (χ0) is 12.5. The predicted molar refractivity (Wildman–Crippen MR) is 52.9 cm³/mol. The molecular formula is C11H11F4NO. The zero-order valence-corrected chi connectivity index (χ0v) is 8.85. The lowest BCUT2D eigenvalue weighted by Crippen LogP contribution is -2.18. The third-order valence-electron chi connectivity index (χ3n) is 2.39. The highest BCUT2D eigenvalue weighted by atomic mass is 19.4. The molecule has 6 heteroatoms. The summed E-state index contributed by atoms with van der Waals surface area (Å²) in [5.74, 6) is -1.80. The lowest BCUT2D eigenvalue weighted by Gasteiger charge is -2.10. The van der Waals surface area contributed by atoms with Gasteiger partial charge in [-0.1, -0.05) is 6.07 Å². The molecule has 1 N–H and O–H groups in total. The highest BCUT2D eigenvalue weighted by molar-refractivity contribution is 5.29. The number of rotatable bonds is 4. The van der Waals surface area contributed by atoms with Crippen LogP contribution in [0.5, 0.6) is 5.75 Å². The molecule has 0 aromatic heterocycles. The quantitative estimate of drug-likeness (QED) is 0.828. The number of hydrogen-bond acceptors (Lipinski definition) is 2. The minimum Gasteiger partial charge on any atom is -0.403 e. The minimum absolute atomic E-state index is 0.452. The van der Waals surface area contributed by atoms with Gasteiger partial charge in [-0.15, -0.1) is 13.2 Å². The summed E-state index contributed by atoms with van der Waals surface area (Å²) in [7, 11) is 0. The highest BCUT2D eigenvalue weighted by Crippen LogP contribution is 2.26. The Morgan fingerprint density at radius 2 is 2.00 bits per heavy atom. The van der Waals surface area contributed by atoms with E-state index in [2.05, 4.69) is 10.1 Å². The maximum atomic E-state index is 13.3. The van der Waals surface area contributed by atoms with Crippen LogP contribution in [-0.2, 0) is 6.54 Å². The first kappa shape index (κ1) is 12.2. The summed E-state index contributed by atoms with van der Waals surface area (Å²) in [6.45, 7) is 0.452. The Morgan fingerprint density at radius 3 is 2.53 bits per heavy atom. The molecule has 1 aliphatic rings. The first-order valence-corrected chi connectivity index (χ1v) is 5.21. The van der Waals surface area contributed by atoms with Gasteiger partial charge >= 0.3 is 6.36 Å². The molecular weight excluding hydrogens is 238 g/mol. The number of alkyl halides is 3. The molecule has 1 saturated carbocycles. The zero-order valence-electron chi connectivity index (χ0n) is 8.85. The molecule has 1 aromatic carbocycles. The Kier molecular flexibility index (Phi) is 3.24. The molecule has 1 aliphatic carbocycles. The summed E-state index contributed by atoms with van der Waals surface area (Å²) in [5, 5.41) is 3.14. The third-order valence-corrected chi connectivity index (χ3v) is 2.39. The lowest BCUT2D eigenvalue weighted by molar-refractivity contribution is -0.275. The van der Waals surface area contributed by atoms with Crippen molar-refractivity contribution >= 4 is 0 Å². The van der Waals surface area contributed by atoms with E-state index < -0.39 is 17.9 Å². The van der Waals surface area contributed by atoms with Crippen LogP contribution in [0.4, 0.5) is 17.6 Å². The van der Waals surface area contributed by atoms with Crippen molar-refractivity contribution in [3.05, 3.63) is 29.6 Å². The number of ether oxygens (including phenoxy) is 1. The van der Waals surface area contributed by atoms with Crippen molar-refractivity contribution < 1.29 is 22.3 Å². The van der Waals surface area contributed by atoms with Crippen LogP contribution >= 0.6 is 0 Å². The molecule has 0 atom stereocenters. The lowest BCUT2D eigenvalue weighted by atomic mass is 10.2. The molecule has 0 saturated heterocycles. The van der Waals surface area contributed by atoms with E-state index in [1.807, 2.05) is 0 Å². The van der Waals surface area contributed by atoms with Crippen LogP contribution in [0.2, 0.25) is 0 Å². The highest BCUT2D eigenvalue weighted by Gasteiger charge is 2.32. The first-order chi connectivity index (χ1) is 7.94. The summed E-state index contributed by atoms with van der Waals surface area (Å²) in [6.07, 6.45) is -2.68. The Bertz CT molecular complexity index is 401. The van der Waals surface area contributed by atoms with Gasteiger partial charge in [0.2, 0.25) is 0 Å². The molecule has 2 rings (SSSR count). The molecule has 0 unspecified atom stereocenters. The molecule has 17 heavy (non-hydrogen) atoms. The van der Waals surface area contributed by atoms with Crippen LogP contribution in [0.3, 0.4) is 0 Å². The van der Waals surface area contributed by atoms with Gasteiger partial charge in [0.25, 0.3) is 0 Å². The maximum absolute atomic E-state index is 13.3. The second-order valence-corrected chi connectivity index (χ2v) is 3.97. The SMILES string of the molecule is Fc1cc(CNC2CC2)ccc1OC(F)(F)F. The van der Waals surface area contributed by atoms with Crippen molar-refractivity contribution in [1.29, 1.82) is 0 Å². The molecule has 0 amide bonds. The standard InChI is InChI=1S/C11H11F4NO/c12-9-5-7(6-16-8-2-3-8)1-4-10(9)17-11(13,14)15/h1,4-5,8,16H,2-3,6H2. The van der Waals surface area contributed by atoms with Crippen molar-refractivity contribution in [2.75, 3.05) is 0 Å². The Hall–Kier alpha value is -1.30. The van der Waals surface area contributed by atoms with E-state index in [0.717, 1.165) is 25.0 Å². The minimum atomic E-state index is -4.87. The van der Waals surface area contributed by atoms with E-state index in [4.69, 9.17) is 0 Å². The van der Waals surface area contributed by atoms with E-state index in [1.54, 1.807) is 0 Å². The van der Waals surface area contributed by atoms with Crippen LogP contribution in [0.15, 0.2) is 18.2 Å². The molecule has 1 aromatic rings. The monoisotopic (exact) mass is 249 g/mol.